The zero-order valence-corrected chi connectivity index (χ0v) is 9.70. The molecule has 1 aliphatic heterocycles. The van der Waals surface area contributed by atoms with E-state index >= 15 is 0 Å². The number of hydrogen-bond acceptors (Lipinski definition) is 2. The Morgan fingerprint density at radius 2 is 2.06 bits per heavy atom. The van der Waals surface area contributed by atoms with Gasteiger partial charge in [0.05, 0.1) is 0 Å². The topological polar surface area (TPSA) is 24.4 Å². The second-order valence-electron chi connectivity index (χ2n) is 4.34. The van der Waals surface area contributed by atoms with Crippen molar-refractivity contribution in [3.63, 3.8) is 0 Å². The first-order valence-corrected chi connectivity index (χ1v) is 6.54. The van der Waals surface area contributed by atoms with Gasteiger partial charge in [-0.3, -0.25) is 4.99 Å². The minimum atomic E-state index is -4.20. The Kier molecular flexibility index (Phi) is 3.66. The molecule has 1 aliphatic carbocycles. The minimum absolute atomic E-state index is 0.349. The summed E-state index contributed by atoms with van der Waals surface area (Å²) in [6.07, 6.45) is 0.482. The molecule has 2 unspecified atom stereocenters. The van der Waals surface area contributed by atoms with E-state index in [1.165, 1.54) is 31.0 Å². The maximum absolute atomic E-state index is 12.0. The van der Waals surface area contributed by atoms with Crippen molar-refractivity contribution >= 4 is 16.9 Å². The number of fused-ring (bicyclic) bond motifs is 1. The lowest BCUT2D eigenvalue weighted by Crippen LogP contribution is -2.46. The van der Waals surface area contributed by atoms with Crippen LogP contribution in [0.4, 0.5) is 13.2 Å². The lowest BCUT2D eigenvalue weighted by Gasteiger charge is -2.36. The van der Waals surface area contributed by atoms with E-state index < -0.39 is 12.7 Å². The highest BCUT2D eigenvalue weighted by atomic mass is 32.2. The first kappa shape index (κ1) is 12.1. The molecule has 1 N–H and O–H groups in total. The Balaban J connectivity index is 1.89. The summed E-state index contributed by atoms with van der Waals surface area (Å²) >= 11 is 1.43. The Morgan fingerprint density at radius 3 is 2.81 bits per heavy atom. The number of nitrogens with zero attached hydrogens (tertiary/aromatic N) is 1. The van der Waals surface area contributed by atoms with E-state index in [9.17, 15) is 13.2 Å². The molecule has 2 rings (SSSR count). The highest BCUT2D eigenvalue weighted by molar-refractivity contribution is 8.13. The third-order valence-electron chi connectivity index (χ3n) is 3.05. The summed E-state index contributed by atoms with van der Waals surface area (Å²) in [5, 5.41) is 3.61. The summed E-state index contributed by atoms with van der Waals surface area (Å²) in [6.45, 7) is -1.07. The summed E-state index contributed by atoms with van der Waals surface area (Å²) < 4.78 is 36.0. The van der Waals surface area contributed by atoms with Crippen LogP contribution in [0.1, 0.15) is 25.7 Å². The van der Waals surface area contributed by atoms with Gasteiger partial charge in [-0.25, -0.2) is 0 Å². The standard InChI is InChI=1S/C10H15F3N2S/c11-10(12,13)6-14-9-15-8-4-2-1-3-7(8)5-16-9/h7-8H,1-6H2,(H,14,15). The molecule has 2 nitrogen and oxygen atoms in total. The van der Waals surface area contributed by atoms with E-state index in [4.69, 9.17) is 0 Å². The molecule has 1 heterocycles. The highest BCUT2D eigenvalue weighted by Crippen LogP contribution is 2.31. The van der Waals surface area contributed by atoms with Crippen LogP contribution < -0.4 is 5.32 Å². The Hall–Kier alpha value is -0.390. The minimum Gasteiger partial charge on any atom is -0.362 e. The van der Waals surface area contributed by atoms with Gasteiger partial charge in [0.1, 0.15) is 6.54 Å². The monoisotopic (exact) mass is 252 g/mol. The van der Waals surface area contributed by atoms with E-state index in [-0.39, 0.29) is 0 Å². The maximum atomic E-state index is 12.0. The van der Waals surface area contributed by atoms with Crippen molar-refractivity contribution in [3.05, 3.63) is 0 Å². The average molecular weight is 252 g/mol. The molecule has 1 saturated carbocycles. The van der Waals surface area contributed by atoms with Gasteiger partial charge in [0.15, 0.2) is 5.17 Å². The molecule has 0 radical (unpaired) electrons. The average Bonchev–Trinajstić information content (AvgIpc) is 2.25. The van der Waals surface area contributed by atoms with E-state index in [0.29, 0.717) is 17.1 Å². The summed E-state index contributed by atoms with van der Waals surface area (Å²) in [7, 11) is 0. The van der Waals surface area contributed by atoms with Gasteiger partial charge in [-0.15, -0.1) is 0 Å². The lowest BCUT2D eigenvalue weighted by atomic mass is 9.86. The summed E-state index contributed by atoms with van der Waals surface area (Å²) in [6, 6.07) is 0.349. The third-order valence-corrected chi connectivity index (χ3v) is 4.17. The summed E-state index contributed by atoms with van der Waals surface area (Å²) in [5.41, 5.74) is 0. The highest BCUT2D eigenvalue weighted by Gasteiger charge is 2.32. The number of amidine groups is 1. The molecule has 0 aromatic carbocycles. The van der Waals surface area contributed by atoms with E-state index in [2.05, 4.69) is 10.3 Å². The van der Waals surface area contributed by atoms with Crippen LogP contribution in [0, 0.1) is 5.92 Å². The molecule has 0 spiro atoms. The Bertz CT molecular complexity index is 278. The molecular formula is C10H15F3N2S. The first-order chi connectivity index (χ1) is 7.54. The second-order valence-corrected chi connectivity index (χ2v) is 5.35. The maximum Gasteiger partial charge on any atom is 0.408 e. The second kappa shape index (κ2) is 4.85. The predicted octanol–water partition coefficient (Wildman–Crippen LogP) is 2.80. The summed E-state index contributed by atoms with van der Waals surface area (Å²) in [5.74, 6) is 1.53. The molecular weight excluding hydrogens is 237 g/mol. The zero-order chi connectivity index (χ0) is 11.6. The van der Waals surface area contributed by atoms with Crippen molar-refractivity contribution in [1.29, 1.82) is 0 Å². The van der Waals surface area contributed by atoms with Crippen LogP contribution in [0.3, 0.4) is 0 Å². The molecule has 0 aromatic heterocycles. The van der Waals surface area contributed by atoms with E-state index in [0.717, 1.165) is 12.2 Å². The van der Waals surface area contributed by atoms with E-state index in [1.54, 1.807) is 0 Å². The molecule has 2 aliphatic rings. The predicted molar refractivity (Wildman–Crippen MR) is 59.7 cm³/mol. The van der Waals surface area contributed by atoms with Crippen LogP contribution in [0.25, 0.3) is 0 Å². The lowest BCUT2D eigenvalue weighted by molar-refractivity contribution is -0.118. The van der Waals surface area contributed by atoms with Gasteiger partial charge in [0.2, 0.25) is 0 Å². The molecule has 0 amide bonds. The number of nitrogens with one attached hydrogen (secondary N) is 1. The summed E-state index contributed by atoms with van der Waals surface area (Å²) in [4.78, 5) is 3.59. The van der Waals surface area contributed by atoms with Gasteiger partial charge in [0, 0.05) is 11.8 Å². The largest absolute Gasteiger partial charge is 0.408 e. The molecule has 0 aromatic rings. The fourth-order valence-electron chi connectivity index (χ4n) is 2.24. The van der Waals surface area contributed by atoms with Crippen LogP contribution in [-0.4, -0.2) is 29.7 Å². The van der Waals surface area contributed by atoms with Gasteiger partial charge in [0.25, 0.3) is 0 Å². The van der Waals surface area contributed by atoms with Crippen molar-refractivity contribution < 1.29 is 13.2 Å². The van der Waals surface area contributed by atoms with Crippen molar-refractivity contribution in [2.75, 3.05) is 12.3 Å². The quantitative estimate of drug-likeness (QED) is 0.776. The molecule has 2 fully saturated rings. The fraction of sp³-hybridized carbons (Fsp3) is 0.900. The Labute approximate surface area is 97.1 Å². The molecule has 2 atom stereocenters. The van der Waals surface area contributed by atoms with Crippen molar-refractivity contribution in [2.24, 2.45) is 10.9 Å². The SMILES string of the molecule is FC(F)(F)CN=C1NC2CCCCC2CS1. The Morgan fingerprint density at radius 1 is 1.31 bits per heavy atom. The smallest absolute Gasteiger partial charge is 0.362 e. The molecule has 6 heteroatoms. The van der Waals surface area contributed by atoms with Crippen molar-refractivity contribution in [2.45, 2.75) is 37.9 Å². The fourth-order valence-corrected chi connectivity index (χ4v) is 3.40. The molecule has 0 bridgehead atoms. The zero-order valence-electron chi connectivity index (χ0n) is 8.89. The number of halogens is 3. The van der Waals surface area contributed by atoms with Crippen LogP contribution in [-0.2, 0) is 0 Å². The van der Waals surface area contributed by atoms with E-state index in [1.807, 2.05) is 0 Å². The number of rotatable bonds is 1. The van der Waals surface area contributed by atoms with Gasteiger partial charge in [-0.1, -0.05) is 24.6 Å². The number of hydrogen-bond donors (Lipinski definition) is 1. The number of alkyl halides is 3. The molecule has 1 saturated heterocycles. The molecule has 16 heavy (non-hydrogen) atoms. The van der Waals surface area contributed by atoms with Crippen LogP contribution in [0.15, 0.2) is 4.99 Å². The third kappa shape index (κ3) is 3.30. The van der Waals surface area contributed by atoms with Crippen LogP contribution in [0.5, 0.6) is 0 Å². The first-order valence-electron chi connectivity index (χ1n) is 5.55. The van der Waals surface area contributed by atoms with Crippen molar-refractivity contribution in [1.82, 2.24) is 5.32 Å². The van der Waals surface area contributed by atoms with Crippen LogP contribution >= 0.6 is 11.8 Å². The number of thioether (sulfide) groups is 1. The van der Waals surface area contributed by atoms with Gasteiger partial charge >= 0.3 is 6.18 Å². The van der Waals surface area contributed by atoms with Gasteiger partial charge in [-0.2, -0.15) is 13.2 Å². The number of aliphatic imine (C=N–C) groups is 1. The molecule has 92 valence electrons. The normalized spacial score (nSPS) is 33.3. The van der Waals surface area contributed by atoms with Gasteiger partial charge < -0.3 is 5.32 Å². The van der Waals surface area contributed by atoms with Gasteiger partial charge in [-0.05, 0) is 18.8 Å². The van der Waals surface area contributed by atoms with Crippen molar-refractivity contribution in [3.8, 4) is 0 Å². The van der Waals surface area contributed by atoms with Crippen LogP contribution in [0.2, 0.25) is 0 Å².